The summed E-state index contributed by atoms with van der Waals surface area (Å²) in [7, 11) is 0. The number of hydrogen-bond acceptors (Lipinski definition) is 6. The summed E-state index contributed by atoms with van der Waals surface area (Å²) in [6.07, 6.45) is 4.77. The van der Waals surface area contributed by atoms with Crippen LogP contribution in [0.1, 0.15) is 60.1 Å². The number of benzene rings is 2. The molecular weight excluding hydrogens is 524 g/mol. The Hall–Kier alpha value is -4.40. The smallest absolute Gasteiger partial charge is 0.339 e. The molecule has 3 N–H and O–H groups in total. The first-order chi connectivity index (χ1) is 19.8. The zero-order valence-electron chi connectivity index (χ0n) is 23.1. The van der Waals surface area contributed by atoms with Crippen LogP contribution < -0.4 is 16.3 Å². The Morgan fingerprint density at radius 2 is 1.73 bits per heavy atom. The molecular formula is C32H34N2O7. The minimum Gasteiger partial charge on any atom is -0.481 e. The lowest BCUT2D eigenvalue weighted by molar-refractivity contribution is -0.137. The molecule has 1 aliphatic rings. The van der Waals surface area contributed by atoms with Crippen molar-refractivity contribution >= 4 is 39.7 Å². The van der Waals surface area contributed by atoms with E-state index >= 15 is 0 Å². The van der Waals surface area contributed by atoms with Crippen LogP contribution in [-0.4, -0.2) is 35.5 Å². The van der Waals surface area contributed by atoms with Gasteiger partial charge in [-0.15, -0.1) is 0 Å². The largest absolute Gasteiger partial charge is 0.481 e. The van der Waals surface area contributed by atoms with Gasteiger partial charge in [0, 0.05) is 60.2 Å². The van der Waals surface area contributed by atoms with E-state index in [0.717, 1.165) is 58.9 Å². The summed E-state index contributed by atoms with van der Waals surface area (Å²) in [5.41, 5.74) is 4.00. The van der Waals surface area contributed by atoms with Crippen molar-refractivity contribution in [3.63, 3.8) is 0 Å². The molecule has 0 fully saturated rings. The van der Waals surface area contributed by atoms with E-state index in [2.05, 4.69) is 10.6 Å². The number of fused-ring (bicyclic) bond motifs is 4. The maximum Gasteiger partial charge on any atom is 0.339 e. The predicted octanol–water partition coefficient (Wildman–Crippen LogP) is 4.37. The van der Waals surface area contributed by atoms with Crippen molar-refractivity contribution in [1.82, 2.24) is 10.6 Å². The number of nitrogens with one attached hydrogen (secondary N) is 2. The number of carbonyl (C=O) groups is 3. The molecule has 0 aliphatic heterocycles. The molecule has 4 aromatic rings. The zero-order chi connectivity index (χ0) is 28.9. The van der Waals surface area contributed by atoms with Gasteiger partial charge in [-0.1, -0.05) is 30.3 Å². The first-order valence-corrected chi connectivity index (χ1v) is 14.1. The molecule has 2 aromatic carbocycles. The van der Waals surface area contributed by atoms with E-state index in [1.165, 1.54) is 5.56 Å². The maximum atomic E-state index is 13.0. The lowest BCUT2D eigenvalue weighted by atomic mass is 9.94. The molecule has 9 heteroatoms. The second-order valence-electron chi connectivity index (χ2n) is 10.6. The summed E-state index contributed by atoms with van der Waals surface area (Å²) in [6.45, 7) is 2.06. The average Bonchev–Trinajstić information content (AvgIpc) is 3.31. The number of hydrogen-bond donors (Lipinski definition) is 3. The van der Waals surface area contributed by atoms with Gasteiger partial charge >= 0.3 is 11.6 Å². The molecule has 1 unspecified atom stereocenters. The normalized spacial score (nSPS) is 13.6. The Morgan fingerprint density at radius 1 is 0.976 bits per heavy atom. The molecule has 0 bridgehead atoms. The van der Waals surface area contributed by atoms with E-state index in [0.29, 0.717) is 11.1 Å². The maximum absolute atomic E-state index is 13.0. The SMILES string of the molecule is Cc1c(CCC(=O)NC(Cc2ccccc2)C(=O)NCCCC(=O)O)c(=O)oc2cc3oc4c(c3cc12)CCCC4. The number of amides is 2. The van der Waals surface area contributed by atoms with Crippen molar-refractivity contribution in [3.8, 4) is 0 Å². The summed E-state index contributed by atoms with van der Waals surface area (Å²) in [5.74, 6) is -0.684. The van der Waals surface area contributed by atoms with Gasteiger partial charge in [-0.2, -0.15) is 0 Å². The summed E-state index contributed by atoms with van der Waals surface area (Å²) in [4.78, 5) is 49.6. The minimum absolute atomic E-state index is 0.00194. The predicted molar refractivity (Wildman–Crippen MR) is 154 cm³/mol. The topological polar surface area (TPSA) is 139 Å². The number of furan rings is 1. The minimum atomic E-state index is -0.935. The number of aliphatic carboxylic acids is 1. The summed E-state index contributed by atoms with van der Waals surface area (Å²) in [5, 5.41) is 16.2. The number of carbonyl (C=O) groups excluding carboxylic acids is 2. The molecule has 214 valence electrons. The van der Waals surface area contributed by atoms with E-state index in [-0.39, 0.29) is 50.5 Å². The molecule has 2 aromatic heterocycles. The van der Waals surface area contributed by atoms with Crippen LogP contribution in [0.2, 0.25) is 0 Å². The Labute approximate surface area is 236 Å². The lowest BCUT2D eigenvalue weighted by Gasteiger charge is -2.19. The number of aryl methyl sites for hydroxylation is 3. The molecule has 9 nitrogen and oxygen atoms in total. The van der Waals surface area contributed by atoms with Gasteiger partial charge in [-0.25, -0.2) is 4.79 Å². The van der Waals surface area contributed by atoms with Crippen LogP contribution in [0.4, 0.5) is 0 Å². The first kappa shape index (κ1) is 28.1. The quantitative estimate of drug-likeness (QED) is 0.184. The van der Waals surface area contributed by atoms with Crippen molar-refractivity contribution in [3.05, 3.63) is 80.9 Å². The second kappa shape index (κ2) is 12.4. The summed E-state index contributed by atoms with van der Waals surface area (Å²) in [6, 6.07) is 12.3. The van der Waals surface area contributed by atoms with Crippen LogP contribution in [0.5, 0.6) is 0 Å². The van der Waals surface area contributed by atoms with Gasteiger partial charge in [0.05, 0.1) is 0 Å². The fourth-order valence-electron chi connectivity index (χ4n) is 5.57. The third kappa shape index (κ3) is 6.51. The molecule has 0 spiro atoms. The highest BCUT2D eigenvalue weighted by Crippen LogP contribution is 2.35. The Bertz CT molecular complexity index is 1650. The van der Waals surface area contributed by atoms with E-state index < -0.39 is 17.6 Å². The van der Waals surface area contributed by atoms with Gasteiger partial charge in [0.15, 0.2) is 0 Å². The van der Waals surface area contributed by atoms with Gasteiger partial charge in [-0.3, -0.25) is 14.4 Å². The molecule has 2 amide bonds. The van der Waals surface area contributed by atoms with Crippen LogP contribution in [-0.2, 0) is 40.1 Å². The molecule has 0 saturated carbocycles. The Kier molecular flexibility index (Phi) is 8.52. The van der Waals surface area contributed by atoms with Crippen LogP contribution in [0, 0.1) is 6.92 Å². The molecule has 2 heterocycles. The van der Waals surface area contributed by atoms with Crippen LogP contribution in [0.25, 0.3) is 21.9 Å². The number of carboxylic acids is 1. The first-order valence-electron chi connectivity index (χ1n) is 14.1. The highest BCUT2D eigenvalue weighted by molar-refractivity contribution is 5.97. The summed E-state index contributed by atoms with van der Waals surface area (Å²) >= 11 is 0. The third-order valence-corrected chi connectivity index (χ3v) is 7.77. The van der Waals surface area contributed by atoms with Gasteiger partial charge < -0.3 is 24.6 Å². The Balaban J connectivity index is 1.30. The molecule has 1 atom stereocenters. The fraction of sp³-hybridized carbons (Fsp3) is 0.375. The molecule has 0 saturated heterocycles. The van der Waals surface area contributed by atoms with Gasteiger partial charge in [0.2, 0.25) is 11.8 Å². The van der Waals surface area contributed by atoms with Crippen molar-refractivity contribution in [1.29, 1.82) is 0 Å². The third-order valence-electron chi connectivity index (χ3n) is 7.77. The van der Waals surface area contributed by atoms with E-state index in [1.54, 1.807) is 6.07 Å². The zero-order valence-corrected chi connectivity index (χ0v) is 23.1. The monoisotopic (exact) mass is 558 g/mol. The van der Waals surface area contributed by atoms with E-state index in [1.807, 2.05) is 43.3 Å². The number of carboxylic acid groups (broad SMARTS) is 1. The van der Waals surface area contributed by atoms with Gasteiger partial charge in [0.25, 0.3) is 0 Å². The number of rotatable bonds is 11. The van der Waals surface area contributed by atoms with Crippen molar-refractivity contribution in [2.45, 2.75) is 70.8 Å². The molecule has 1 aliphatic carbocycles. The standard InChI is InChI=1S/C32H34N2O7/c1-19-21(32(39)41-27-18-28-24(17-23(19)27)22-10-5-6-11-26(22)40-28)13-14-29(35)34-25(16-20-8-3-2-4-9-20)31(38)33-15-7-12-30(36)37/h2-4,8-9,17-18,25H,5-7,10-16H2,1H3,(H,33,38)(H,34,35)(H,36,37). The molecule has 41 heavy (non-hydrogen) atoms. The van der Waals surface area contributed by atoms with Gasteiger partial charge in [0.1, 0.15) is 23.0 Å². The average molecular weight is 559 g/mol. The van der Waals surface area contributed by atoms with Crippen molar-refractivity contribution in [2.75, 3.05) is 6.54 Å². The fourth-order valence-corrected chi connectivity index (χ4v) is 5.57. The lowest BCUT2D eigenvalue weighted by Crippen LogP contribution is -2.48. The Morgan fingerprint density at radius 3 is 2.51 bits per heavy atom. The van der Waals surface area contributed by atoms with E-state index in [9.17, 15) is 19.2 Å². The molecule has 0 radical (unpaired) electrons. The second-order valence-corrected chi connectivity index (χ2v) is 10.6. The van der Waals surface area contributed by atoms with Gasteiger partial charge in [-0.05, 0) is 56.2 Å². The highest BCUT2D eigenvalue weighted by atomic mass is 16.4. The van der Waals surface area contributed by atoms with Crippen LogP contribution >= 0.6 is 0 Å². The van der Waals surface area contributed by atoms with Crippen LogP contribution in [0.15, 0.2) is 56.1 Å². The summed E-state index contributed by atoms with van der Waals surface area (Å²) < 4.78 is 11.7. The van der Waals surface area contributed by atoms with E-state index in [4.69, 9.17) is 13.9 Å². The van der Waals surface area contributed by atoms with Crippen molar-refractivity contribution < 1.29 is 28.3 Å². The van der Waals surface area contributed by atoms with Crippen LogP contribution in [0.3, 0.4) is 0 Å². The highest BCUT2D eigenvalue weighted by Gasteiger charge is 2.23. The van der Waals surface area contributed by atoms with Crippen molar-refractivity contribution in [2.24, 2.45) is 0 Å². The molecule has 5 rings (SSSR count).